The topological polar surface area (TPSA) is 102 Å². The smallest absolute Gasteiger partial charge is 0.416 e. The number of benzene rings is 2. The lowest BCUT2D eigenvalue weighted by Gasteiger charge is -2.19. The molecule has 0 amide bonds. The van der Waals surface area contributed by atoms with Gasteiger partial charge in [-0.25, -0.2) is 13.2 Å². The van der Waals surface area contributed by atoms with Crippen LogP contribution >= 0.6 is 0 Å². The fraction of sp³-hybridized carbons (Fsp3) is 0.350. The first kappa shape index (κ1) is 22.7. The fourth-order valence-corrected chi connectivity index (χ4v) is 4.55. The Balaban J connectivity index is 2.04. The maximum atomic E-state index is 13.2. The highest BCUT2D eigenvalue weighted by molar-refractivity contribution is 7.92. The molecule has 0 aliphatic heterocycles. The van der Waals surface area contributed by atoms with E-state index in [0.717, 1.165) is 43.2 Å². The van der Waals surface area contributed by atoms with Crippen LogP contribution in [0.2, 0.25) is 0 Å². The van der Waals surface area contributed by atoms with Crippen molar-refractivity contribution in [1.29, 1.82) is 0 Å². The summed E-state index contributed by atoms with van der Waals surface area (Å²) >= 11 is 0. The second-order valence-electron chi connectivity index (χ2n) is 7.01. The average Bonchev–Trinajstić information content (AvgIpc) is 3.20. The zero-order valence-corrected chi connectivity index (χ0v) is 17.2. The van der Waals surface area contributed by atoms with Gasteiger partial charge in [0.1, 0.15) is 16.4 Å². The summed E-state index contributed by atoms with van der Waals surface area (Å²) < 4.78 is 78.5. The van der Waals surface area contributed by atoms with Crippen LogP contribution in [0.5, 0.6) is 11.5 Å². The van der Waals surface area contributed by atoms with E-state index in [1.54, 1.807) is 0 Å². The molecule has 0 bridgehead atoms. The summed E-state index contributed by atoms with van der Waals surface area (Å²) in [5.41, 5.74) is -1.78. The molecule has 1 fully saturated rings. The number of sulfonamides is 1. The molecule has 1 aliphatic rings. The molecule has 2 aromatic carbocycles. The van der Waals surface area contributed by atoms with Crippen LogP contribution in [0, 0.1) is 0 Å². The van der Waals surface area contributed by atoms with Gasteiger partial charge in [0.25, 0.3) is 10.0 Å². The number of rotatable bonds is 7. The van der Waals surface area contributed by atoms with Crippen molar-refractivity contribution in [3.8, 4) is 11.5 Å². The van der Waals surface area contributed by atoms with Crippen molar-refractivity contribution in [2.45, 2.75) is 42.9 Å². The second kappa shape index (κ2) is 8.66. The lowest BCUT2D eigenvalue weighted by Crippen LogP contribution is -2.18. The minimum absolute atomic E-state index is 0.0446. The summed E-state index contributed by atoms with van der Waals surface area (Å²) in [5, 5.41) is 9.16. The lowest BCUT2D eigenvalue weighted by molar-refractivity contribution is -0.137. The Bertz CT molecular complexity index is 1080. The number of methoxy groups -OCH3 is 1. The predicted octanol–water partition coefficient (Wildman–Crippen LogP) is 4.53. The Morgan fingerprint density at radius 1 is 1.10 bits per heavy atom. The number of carboxylic acid groups (broad SMARTS) is 1. The molecule has 0 aromatic heterocycles. The van der Waals surface area contributed by atoms with E-state index >= 15 is 0 Å². The van der Waals surface area contributed by atoms with Gasteiger partial charge < -0.3 is 14.6 Å². The van der Waals surface area contributed by atoms with E-state index in [1.807, 2.05) is 0 Å². The molecule has 2 aromatic rings. The summed E-state index contributed by atoms with van der Waals surface area (Å²) in [4.78, 5) is 10.7. The predicted molar refractivity (Wildman–Crippen MR) is 105 cm³/mol. The summed E-state index contributed by atoms with van der Waals surface area (Å²) in [5.74, 6) is -1.58. The number of alkyl halides is 3. The summed E-state index contributed by atoms with van der Waals surface area (Å²) in [6, 6.07) is 5.71. The number of hydrogen-bond donors (Lipinski definition) is 2. The molecule has 1 saturated carbocycles. The molecule has 0 atom stereocenters. The number of carboxylic acids is 1. The highest BCUT2D eigenvalue weighted by Crippen LogP contribution is 2.38. The van der Waals surface area contributed by atoms with E-state index in [2.05, 4.69) is 4.72 Å². The Morgan fingerprint density at radius 3 is 2.32 bits per heavy atom. The van der Waals surface area contributed by atoms with Gasteiger partial charge in [-0.05, 0) is 62.1 Å². The highest BCUT2D eigenvalue weighted by atomic mass is 32.2. The third-order valence-corrected chi connectivity index (χ3v) is 6.23. The Morgan fingerprint density at radius 2 is 1.74 bits per heavy atom. The zero-order valence-electron chi connectivity index (χ0n) is 16.4. The normalized spacial score (nSPS) is 15.0. The van der Waals surface area contributed by atoms with Gasteiger partial charge >= 0.3 is 12.1 Å². The molecule has 31 heavy (non-hydrogen) atoms. The maximum Gasteiger partial charge on any atom is 0.416 e. The monoisotopic (exact) mass is 459 g/mol. The molecule has 168 valence electrons. The van der Waals surface area contributed by atoms with Crippen LogP contribution in [-0.2, 0) is 16.2 Å². The van der Waals surface area contributed by atoms with Crippen molar-refractivity contribution < 1.29 is 41.0 Å². The van der Waals surface area contributed by atoms with E-state index in [4.69, 9.17) is 14.6 Å². The van der Waals surface area contributed by atoms with Crippen LogP contribution in [0.3, 0.4) is 0 Å². The zero-order chi connectivity index (χ0) is 22.8. The van der Waals surface area contributed by atoms with Gasteiger partial charge in [0.2, 0.25) is 0 Å². The van der Waals surface area contributed by atoms with E-state index < -0.39 is 38.3 Å². The van der Waals surface area contributed by atoms with Crippen molar-refractivity contribution >= 4 is 21.7 Å². The minimum atomic E-state index is -4.70. The fourth-order valence-electron chi connectivity index (χ4n) is 3.29. The first-order chi connectivity index (χ1) is 14.5. The van der Waals surface area contributed by atoms with Gasteiger partial charge in [0.05, 0.1) is 30.0 Å². The quantitative estimate of drug-likeness (QED) is 0.631. The lowest BCUT2D eigenvalue weighted by atomic mass is 10.2. The molecular weight excluding hydrogens is 439 g/mol. The number of ether oxygens (including phenoxy) is 2. The van der Waals surface area contributed by atoms with Crippen LogP contribution in [0.25, 0.3) is 0 Å². The van der Waals surface area contributed by atoms with Crippen molar-refractivity contribution in [2.24, 2.45) is 0 Å². The standard InChI is InChI=1S/C20H20F3NO6S/c1-29-17-8-6-12(19(25)26)10-18(17)31(27,28)24-15-11-13(20(21,22)23)7-9-16(15)30-14-4-2-3-5-14/h6-11,14,24H,2-5H2,1H3,(H,25,26). The molecule has 0 heterocycles. The molecular formula is C20H20F3NO6S. The van der Waals surface area contributed by atoms with E-state index in [-0.39, 0.29) is 23.2 Å². The number of halogens is 3. The highest BCUT2D eigenvalue weighted by Gasteiger charge is 2.33. The molecule has 1 aliphatic carbocycles. The van der Waals surface area contributed by atoms with Gasteiger partial charge in [-0.3, -0.25) is 4.72 Å². The Hall–Kier alpha value is -2.95. The molecule has 3 rings (SSSR count). The minimum Gasteiger partial charge on any atom is -0.495 e. The summed E-state index contributed by atoms with van der Waals surface area (Å²) in [6.45, 7) is 0. The summed E-state index contributed by atoms with van der Waals surface area (Å²) in [7, 11) is -3.33. The first-order valence-corrected chi connectivity index (χ1v) is 10.8. The van der Waals surface area contributed by atoms with Gasteiger partial charge in [0.15, 0.2) is 0 Å². The van der Waals surface area contributed by atoms with Crippen molar-refractivity contribution in [1.82, 2.24) is 0 Å². The first-order valence-electron chi connectivity index (χ1n) is 9.33. The molecule has 7 nitrogen and oxygen atoms in total. The van der Waals surface area contributed by atoms with Gasteiger partial charge in [-0.15, -0.1) is 0 Å². The third kappa shape index (κ3) is 5.22. The van der Waals surface area contributed by atoms with Crippen molar-refractivity contribution in [2.75, 3.05) is 11.8 Å². The Labute approximate surface area is 176 Å². The molecule has 0 radical (unpaired) electrons. The average molecular weight is 459 g/mol. The number of nitrogens with one attached hydrogen (secondary N) is 1. The van der Waals surface area contributed by atoms with Crippen molar-refractivity contribution in [3.05, 3.63) is 47.5 Å². The van der Waals surface area contributed by atoms with Gasteiger partial charge in [-0.1, -0.05) is 0 Å². The van der Waals surface area contributed by atoms with Crippen LogP contribution in [0.4, 0.5) is 18.9 Å². The second-order valence-corrected chi connectivity index (χ2v) is 8.66. The van der Waals surface area contributed by atoms with E-state index in [9.17, 15) is 26.4 Å². The molecule has 11 heteroatoms. The number of anilines is 1. The van der Waals surface area contributed by atoms with E-state index in [0.29, 0.717) is 18.9 Å². The number of aromatic carboxylic acids is 1. The number of carbonyl (C=O) groups is 1. The van der Waals surface area contributed by atoms with Gasteiger partial charge in [0, 0.05) is 0 Å². The molecule has 0 saturated heterocycles. The largest absolute Gasteiger partial charge is 0.495 e. The van der Waals surface area contributed by atoms with Gasteiger partial charge in [-0.2, -0.15) is 13.2 Å². The van der Waals surface area contributed by atoms with Crippen LogP contribution < -0.4 is 14.2 Å². The van der Waals surface area contributed by atoms with Crippen molar-refractivity contribution in [3.63, 3.8) is 0 Å². The van der Waals surface area contributed by atoms with E-state index in [1.165, 1.54) is 7.11 Å². The molecule has 0 spiro atoms. The SMILES string of the molecule is COc1ccc(C(=O)O)cc1S(=O)(=O)Nc1cc(C(F)(F)F)ccc1OC1CCCC1. The molecule has 0 unspecified atom stereocenters. The number of hydrogen-bond acceptors (Lipinski definition) is 5. The summed E-state index contributed by atoms with van der Waals surface area (Å²) in [6.07, 6.45) is -1.70. The maximum absolute atomic E-state index is 13.2. The Kier molecular flexibility index (Phi) is 6.35. The van der Waals surface area contributed by atoms with Crippen LogP contribution in [0.1, 0.15) is 41.6 Å². The van der Waals surface area contributed by atoms with Crippen LogP contribution in [0.15, 0.2) is 41.3 Å². The third-order valence-electron chi connectivity index (χ3n) is 4.85. The molecule has 2 N–H and O–H groups in total. The van der Waals surface area contributed by atoms with Crippen LogP contribution in [-0.4, -0.2) is 32.7 Å².